The summed E-state index contributed by atoms with van der Waals surface area (Å²) in [4.78, 5) is 12.8. The van der Waals surface area contributed by atoms with Crippen molar-refractivity contribution in [3.05, 3.63) is 51.9 Å². The monoisotopic (exact) mass is 545 g/mol. The van der Waals surface area contributed by atoms with Crippen LogP contribution in [0.2, 0.25) is 5.02 Å². The lowest BCUT2D eigenvalue weighted by Gasteiger charge is -2.27. The van der Waals surface area contributed by atoms with Gasteiger partial charge in [0.05, 0.1) is 22.0 Å². The fraction of sp³-hybridized carbons (Fsp3) is 0.480. The van der Waals surface area contributed by atoms with Gasteiger partial charge < -0.3 is 19.5 Å². The van der Waals surface area contributed by atoms with Gasteiger partial charge in [-0.3, -0.25) is 4.79 Å². The average Bonchev–Trinajstić information content (AvgIpc) is 3.45. The van der Waals surface area contributed by atoms with Crippen LogP contribution in [0.3, 0.4) is 0 Å². The van der Waals surface area contributed by atoms with Crippen molar-refractivity contribution in [2.45, 2.75) is 65.2 Å². The van der Waals surface area contributed by atoms with Crippen molar-refractivity contribution < 1.29 is 36.5 Å². The number of nitrogens with zero attached hydrogens (tertiary/aromatic N) is 2. The molecular weight excluding hydrogens is 518 g/mol. The SMILES string of the molecule is Cc1ccc(NC(=O)C[C@H](CCCO)c2noc(-c3cc(C(F)(F)C(C)(C)C)on3)c2C(F)F)c(Cl)c1. The van der Waals surface area contributed by atoms with Gasteiger partial charge in [-0.05, 0) is 37.5 Å². The molecular formula is C25H28ClF4N3O4. The Bertz CT molecular complexity index is 1240. The number of aromatic nitrogens is 2. The number of halogens is 5. The van der Waals surface area contributed by atoms with Crippen LogP contribution in [0.15, 0.2) is 33.3 Å². The number of nitrogens with one attached hydrogen (secondary N) is 1. The molecule has 2 N–H and O–H groups in total. The predicted octanol–water partition coefficient (Wildman–Crippen LogP) is 7.25. The van der Waals surface area contributed by atoms with E-state index in [2.05, 4.69) is 15.6 Å². The van der Waals surface area contributed by atoms with Crippen molar-refractivity contribution in [2.75, 3.05) is 11.9 Å². The van der Waals surface area contributed by atoms with E-state index in [0.29, 0.717) is 10.7 Å². The lowest BCUT2D eigenvalue weighted by atomic mass is 9.86. The summed E-state index contributed by atoms with van der Waals surface area (Å²) < 4.78 is 67.7. The zero-order chi connectivity index (χ0) is 27.5. The fourth-order valence-electron chi connectivity index (χ4n) is 3.72. The second kappa shape index (κ2) is 11.2. The minimum Gasteiger partial charge on any atom is -0.396 e. The number of aliphatic hydroxyl groups excluding tert-OH is 1. The largest absolute Gasteiger partial charge is 0.396 e. The van der Waals surface area contributed by atoms with Gasteiger partial charge in [0.2, 0.25) is 11.7 Å². The van der Waals surface area contributed by atoms with Gasteiger partial charge in [-0.1, -0.05) is 48.8 Å². The number of hydrogen-bond acceptors (Lipinski definition) is 6. The lowest BCUT2D eigenvalue weighted by molar-refractivity contribution is -0.122. The van der Waals surface area contributed by atoms with Gasteiger partial charge in [0.25, 0.3) is 6.43 Å². The topological polar surface area (TPSA) is 101 Å². The van der Waals surface area contributed by atoms with Crippen LogP contribution in [0.4, 0.5) is 23.2 Å². The van der Waals surface area contributed by atoms with E-state index >= 15 is 0 Å². The first-order valence-electron chi connectivity index (χ1n) is 11.6. The number of carbonyl (C=O) groups is 1. The van der Waals surface area contributed by atoms with Gasteiger partial charge in [-0.15, -0.1) is 0 Å². The highest BCUT2D eigenvalue weighted by Gasteiger charge is 2.48. The highest BCUT2D eigenvalue weighted by Crippen LogP contribution is 2.46. The molecule has 37 heavy (non-hydrogen) atoms. The molecule has 0 aliphatic carbocycles. The highest BCUT2D eigenvalue weighted by atomic mass is 35.5. The molecule has 0 unspecified atom stereocenters. The van der Waals surface area contributed by atoms with Crippen LogP contribution in [0.25, 0.3) is 11.5 Å². The molecule has 0 radical (unpaired) electrons. The molecule has 3 rings (SSSR count). The molecule has 0 aliphatic rings. The minimum atomic E-state index is -3.44. The smallest absolute Gasteiger partial charge is 0.312 e. The molecule has 7 nitrogen and oxygen atoms in total. The Balaban J connectivity index is 1.93. The molecule has 0 fully saturated rings. The van der Waals surface area contributed by atoms with Crippen molar-refractivity contribution in [3.8, 4) is 11.5 Å². The third-order valence-electron chi connectivity index (χ3n) is 5.90. The predicted molar refractivity (Wildman–Crippen MR) is 129 cm³/mol. The summed E-state index contributed by atoms with van der Waals surface area (Å²) in [6.07, 6.45) is -3.07. The number of amides is 1. The number of alkyl halides is 4. The summed E-state index contributed by atoms with van der Waals surface area (Å²) in [5.74, 6) is -6.17. The number of aryl methyl sites for hydroxylation is 1. The number of rotatable bonds is 10. The Labute approximate surface area is 216 Å². The Morgan fingerprint density at radius 1 is 1.16 bits per heavy atom. The first kappa shape index (κ1) is 28.6. The van der Waals surface area contributed by atoms with Gasteiger partial charge in [0, 0.05) is 30.4 Å². The number of aliphatic hydroxyl groups is 1. The molecule has 0 aliphatic heterocycles. The molecule has 0 bridgehead atoms. The van der Waals surface area contributed by atoms with Gasteiger partial charge >= 0.3 is 5.92 Å². The molecule has 0 spiro atoms. The molecule has 2 aromatic heterocycles. The second-order valence-electron chi connectivity index (χ2n) is 9.81. The molecule has 1 atom stereocenters. The summed E-state index contributed by atoms with van der Waals surface area (Å²) in [5.41, 5.74) is -1.56. The standard InChI is InChI=1S/C25H28ClF4N3O4/c1-13-7-8-16(15(26)10-13)31-19(35)11-14(6-5-9-34)21-20(23(27)28)22(37-33-21)17-12-18(36-32-17)25(29,30)24(2,3)4/h7-8,10,12,14,23,34H,5-6,9,11H2,1-4H3,(H,31,35)/t14-/m0/s1. The number of benzene rings is 1. The summed E-state index contributed by atoms with van der Waals surface area (Å²) in [7, 11) is 0. The maximum absolute atomic E-state index is 14.7. The molecule has 0 saturated carbocycles. The zero-order valence-corrected chi connectivity index (χ0v) is 21.5. The average molecular weight is 546 g/mol. The van der Waals surface area contributed by atoms with E-state index in [4.69, 9.17) is 20.6 Å². The fourth-order valence-corrected chi connectivity index (χ4v) is 4.00. The van der Waals surface area contributed by atoms with Crippen LogP contribution in [0, 0.1) is 12.3 Å². The summed E-state index contributed by atoms with van der Waals surface area (Å²) in [6.45, 7) is 5.48. The van der Waals surface area contributed by atoms with Crippen LogP contribution < -0.4 is 5.32 Å². The summed E-state index contributed by atoms with van der Waals surface area (Å²) in [6, 6.07) is 5.87. The number of anilines is 1. The molecule has 0 saturated heterocycles. The van der Waals surface area contributed by atoms with Gasteiger partial charge in [-0.2, -0.15) is 8.78 Å². The van der Waals surface area contributed by atoms with E-state index in [0.717, 1.165) is 11.6 Å². The Hall–Kier alpha value is -2.92. The van der Waals surface area contributed by atoms with Gasteiger partial charge in [0.1, 0.15) is 0 Å². The highest BCUT2D eigenvalue weighted by molar-refractivity contribution is 6.33. The van der Waals surface area contributed by atoms with Crippen LogP contribution in [-0.4, -0.2) is 27.9 Å². The minimum absolute atomic E-state index is 0.128. The lowest BCUT2D eigenvalue weighted by Crippen LogP contribution is -2.30. The summed E-state index contributed by atoms with van der Waals surface area (Å²) in [5, 5.41) is 19.5. The van der Waals surface area contributed by atoms with E-state index in [1.807, 2.05) is 6.92 Å². The maximum atomic E-state index is 14.7. The first-order valence-corrected chi connectivity index (χ1v) is 11.9. The first-order chi connectivity index (χ1) is 17.3. The quantitative estimate of drug-likeness (QED) is 0.260. The maximum Gasteiger partial charge on any atom is 0.312 e. The van der Waals surface area contributed by atoms with Crippen molar-refractivity contribution in [2.24, 2.45) is 5.41 Å². The van der Waals surface area contributed by atoms with E-state index in [1.165, 1.54) is 20.8 Å². The molecule has 2 heterocycles. The second-order valence-corrected chi connectivity index (χ2v) is 10.2. The van der Waals surface area contributed by atoms with Crippen molar-refractivity contribution in [3.63, 3.8) is 0 Å². The molecule has 1 aromatic carbocycles. The molecule has 12 heteroatoms. The molecule has 1 amide bonds. The Kier molecular flexibility index (Phi) is 8.69. The van der Waals surface area contributed by atoms with Crippen LogP contribution in [0.1, 0.15) is 75.0 Å². The van der Waals surface area contributed by atoms with Crippen molar-refractivity contribution in [1.82, 2.24) is 10.3 Å². The number of hydrogen-bond donors (Lipinski definition) is 2. The Morgan fingerprint density at radius 3 is 2.46 bits per heavy atom. The van der Waals surface area contributed by atoms with Gasteiger partial charge in [0.15, 0.2) is 11.5 Å². The normalized spacial score (nSPS) is 13.3. The molecule has 202 valence electrons. The molecule has 3 aromatic rings. The van der Waals surface area contributed by atoms with Gasteiger partial charge in [-0.25, -0.2) is 8.78 Å². The summed E-state index contributed by atoms with van der Waals surface area (Å²) >= 11 is 6.17. The van der Waals surface area contributed by atoms with Crippen LogP contribution in [-0.2, 0) is 10.7 Å². The van der Waals surface area contributed by atoms with E-state index < -0.39 is 46.7 Å². The Morgan fingerprint density at radius 2 is 1.86 bits per heavy atom. The number of carbonyl (C=O) groups excluding carboxylic acids is 1. The van der Waals surface area contributed by atoms with Crippen LogP contribution in [0.5, 0.6) is 0 Å². The zero-order valence-electron chi connectivity index (χ0n) is 20.7. The van der Waals surface area contributed by atoms with Crippen LogP contribution >= 0.6 is 11.6 Å². The van der Waals surface area contributed by atoms with Crippen molar-refractivity contribution in [1.29, 1.82) is 0 Å². The van der Waals surface area contributed by atoms with E-state index in [1.54, 1.807) is 18.2 Å². The third-order valence-corrected chi connectivity index (χ3v) is 6.21. The van der Waals surface area contributed by atoms with E-state index in [9.17, 15) is 27.5 Å². The van der Waals surface area contributed by atoms with Crippen molar-refractivity contribution >= 4 is 23.2 Å². The third kappa shape index (κ3) is 6.32. The van der Waals surface area contributed by atoms with E-state index in [-0.39, 0.29) is 37.3 Å².